The topological polar surface area (TPSA) is 62.5 Å². The highest BCUT2D eigenvalue weighted by Gasteiger charge is 2.09. The van der Waals surface area contributed by atoms with Crippen LogP contribution in [0, 0.1) is 0 Å². The molecule has 0 aliphatic carbocycles. The van der Waals surface area contributed by atoms with Gasteiger partial charge in [-0.15, -0.1) is 0 Å². The first-order valence-corrected chi connectivity index (χ1v) is 6.45. The molecule has 1 heterocycles. The van der Waals surface area contributed by atoms with E-state index in [0.29, 0.717) is 5.76 Å². The molecular weight excluding hydrogens is 254 g/mol. The highest BCUT2D eigenvalue weighted by atomic mass is 16.4. The van der Waals surface area contributed by atoms with Crippen LogP contribution in [0.4, 0.5) is 0 Å². The molecule has 0 unspecified atom stereocenters. The minimum Gasteiger partial charge on any atom is -0.475 e. The number of nitrogens with one attached hydrogen (secondary N) is 1. The minimum absolute atomic E-state index is 0.0453. The number of rotatable bonds is 6. The molecule has 0 atom stereocenters. The summed E-state index contributed by atoms with van der Waals surface area (Å²) in [5.41, 5.74) is 1.97. The number of benzene rings is 1. The number of hydrogen-bond acceptors (Lipinski definition) is 3. The second-order valence-corrected chi connectivity index (χ2v) is 4.39. The van der Waals surface area contributed by atoms with Crippen LogP contribution in [-0.2, 0) is 0 Å². The molecule has 0 aliphatic rings. The van der Waals surface area contributed by atoms with E-state index in [-0.39, 0.29) is 5.76 Å². The predicted molar refractivity (Wildman–Crippen MR) is 78.7 cm³/mol. The molecule has 2 rings (SSSR count). The Morgan fingerprint density at radius 1 is 1.25 bits per heavy atom. The van der Waals surface area contributed by atoms with Gasteiger partial charge in [-0.3, -0.25) is 0 Å². The first-order valence-electron chi connectivity index (χ1n) is 6.45. The third kappa shape index (κ3) is 3.59. The zero-order chi connectivity index (χ0) is 14.4. The van der Waals surface area contributed by atoms with E-state index in [1.807, 2.05) is 31.3 Å². The molecule has 2 aromatic rings. The van der Waals surface area contributed by atoms with E-state index in [2.05, 4.69) is 17.5 Å². The maximum absolute atomic E-state index is 10.8. The molecule has 20 heavy (non-hydrogen) atoms. The molecule has 0 spiro atoms. The molecule has 0 aliphatic heterocycles. The normalized spacial score (nSPS) is 11.1. The van der Waals surface area contributed by atoms with Crippen LogP contribution in [0.1, 0.15) is 22.5 Å². The Bertz CT molecular complexity index is 596. The van der Waals surface area contributed by atoms with E-state index >= 15 is 0 Å². The van der Waals surface area contributed by atoms with Crippen molar-refractivity contribution in [2.75, 3.05) is 13.6 Å². The van der Waals surface area contributed by atoms with Crippen LogP contribution in [0.2, 0.25) is 0 Å². The molecule has 0 fully saturated rings. The van der Waals surface area contributed by atoms with Crippen LogP contribution < -0.4 is 5.32 Å². The lowest BCUT2D eigenvalue weighted by Crippen LogP contribution is -2.05. The van der Waals surface area contributed by atoms with Gasteiger partial charge >= 0.3 is 5.97 Å². The molecule has 104 valence electrons. The summed E-state index contributed by atoms with van der Waals surface area (Å²) in [6.45, 7) is 0.957. The maximum atomic E-state index is 10.8. The lowest BCUT2D eigenvalue weighted by atomic mass is 10.1. The fourth-order valence-electron chi connectivity index (χ4n) is 1.81. The summed E-state index contributed by atoms with van der Waals surface area (Å²) in [6, 6.07) is 10.9. The van der Waals surface area contributed by atoms with Crippen molar-refractivity contribution in [2.24, 2.45) is 0 Å². The Labute approximate surface area is 117 Å². The SMILES string of the molecule is CNCCC=Cc1ccc(-c2ccc(C(=O)O)o2)cc1. The molecule has 0 saturated carbocycles. The average molecular weight is 271 g/mol. The van der Waals surface area contributed by atoms with Gasteiger partial charge in [0.05, 0.1) is 0 Å². The van der Waals surface area contributed by atoms with Crippen molar-refractivity contribution in [3.05, 3.63) is 53.8 Å². The summed E-state index contributed by atoms with van der Waals surface area (Å²) in [5.74, 6) is -0.538. The van der Waals surface area contributed by atoms with Crippen molar-refractivity contribution in [3.8, 4) is 11.3 Å². The van der Waals surface area contributed by atoms with E-state index in [9.17, 15) is 4.79 Å². The van der Waals surface area contributed by atoms with Crippen molar-refractivity contribution in [1.82, 2.24) is 5.32 Å². The highest BCUT2D eigenvalue weighted by Crippen LogP contribution is 2.22. The molecule has 0 saturated heterocycles. The molecular formula is C16H17NO3. The third-order valence-electron chi connectivity index (χ3n) is 2.88. The van der Waals surface area contributed by atoms with E-state index in [0.717, 1.165) is 24.1 Å². The standard InChI is InChI=1S/C16H17NO3/c1-17-11-3-2-4-12-5-7-13(8-6-12)14-9-10-15(20-14)16(18)19/h2,4-10,17H,3,11H2,1H3,(H,18,19). The summed E-state index contributed by atoms with van der Waals surface area (Å²) in [6.07, 6.45) is 5.16. The molecule has 1 aromatic carbocycles. The largest absolute Gasteiger partial charge is 0.475 e. The minimum atomic E-state index is -1.06. The van der Waals surface area contributed by atoms with Gasteiger partial charge in [0.1, 0.15) is 5.76 Å². The van der Waals surface area contributed by atoms with E-state index in [1.165, 1.54) is 6.07 Å². The van der Waals surface area contributed by atoms with Crippen molar-refractivity contribution >= 4 is 12.0 Å². The van der Waals surface area contributed by atoms with Gasteiger partial charge in [0.25, 0.3) is 0 Å². The quantitative estimate of drug-likeness (QED) is 0.791. The predicted octanol–water partition coefficient (Wildman–Crippen LogP) is 3.27. The van der Waals surface area contributed by atoms with Crippen LogP contribution in [-0.4, -0.2) is 24.7 Å². The van der Waals surface area contributed by atoms with Crippen molar-refractivity contribution in [1.29, 1.82) is 0 Å². The number of carboxylic acids is 1. The Kier molecular flexibility index (Phi) is 4.74. The maximum Gasteiger partial charge on any atom is 0.371 e. The summed E-state index contributed by atoms with van der Waals surface area (Å²) in [4.78, 5) is 10.8. The summed E-state index contributed by atoms with van der Waals surface area (Å²) in [5, 5.41) is 11.9. The lowest BCUT2D eigenvalue weighted by Gasteiger charge is -1.98. The monoisotopic (exact) mass is 271 g/mol. The molecule has 0 bridgehead atoms. The van der Waals surface area contributed by atoms with Gasteiger partial charge in [-0.2, -0.15) is 0 Å². The van der Waals surface area contributed by atoms with Crippen LogP contribution in [0.5, 0.6) is 0 Å². The van der Waals surface area contributed by atoms with Gasteiger partial charge in [0, 0.05) is 5.56 Å². The highest BCUT2D eigenvalue weighted by molar-refractivity contribution is 5.85. The second kappa shape index (κ2) is 6.73. The second-order valence-electron chi connectivity index (χ2n) is 4.39. The van der Waals surface area contributed by atoms with Gasteiger partial charge in [0.15, 0.2) is 0 Å². The zero-order valence-corrected chi connectivity index (χ0v) is 11.3. The van der Waals surface area contributed by atoms with E-state index < -0.39 is 5.97 Å². The molecule has 1 aromatic heterocycles. The number of carbonyl (C=O) groups is 1. The fourth-order valence-corrected chi connectivity index (χ4v) is 1.81. The van der Waals surface area contributed by atoms with Crippen molar-refractivity contribution in [3.63, 3.8) is 0 Å². The smallest absolute Gasteiger partial charge is 0.371 e. The molecule has 4 nitrogen and oxygen atoms in total. The van der Waals surface area contributed by atoms with Gasteiger partial charge < -0.3 is 14.8 Å². The van der Waals surface area contributed by atoms with Crippen molar-refractivity contribution in [2.45, 2.75) is 6.42 Å². The van der Waals surface area contributed by atoms with Crippen LogP contribution >= 0.6 is 0 Å². The van der Waals surface area contributed by atoms with Gasteiger partial charge in [-0.1, -0.05) is 36.4 Å². The van der Waals surface area contributed by atoms with Crippen molar-refractivity contribution < 1.29 is 14.3 Å². The van der Waals surface area contributed by atoms with E-state index in [1.54, 1.807) is 6.07 Å². The molecule has 0 radical (unpaired) electrons. The van der Waals surface area contributed by atoms with Gasteiger partial charge in [0.2, 0.25) is 5.76 Å². The van der Waals surface area contributed by atoms with Crippen LogP contribution in [0.25, 0.3) is 17.4 Å². The Hall–Kier alpha value is -2.33. The summed E-state index contributed by atoms with van der Waals surface area (Å²) >= 11 is 0. The van der Waals surface area contributed by atoms with E-state index in [4.69, 9.17) is 9.52 Å². The number of aromatic carboxylic acids is 1. The molecule has 2 N–H and O–H groups in total. The Morgan fingerprint density at radius 3 is 2.60 bits per heavy atom. The number of carboxylic acid groups (broad SMARTS) is 1. The number of hydrogen-bond donors (Lipinski definition) is 2. The van der Waals surface area contributed by atoms with Crippen LogP contribution in [0.3, 0.4) is 0 Å². The fraction of sp³-hybridized carbons (Fsp3) is 0.188. The van der Waals surface area contributed by atoms with Crippen LogP contribution in [0.15, 0.2) is 46.9 Å². The zero-order valence-electron chi connectivity index (χ0n) is 11.3. The molecule has 4 heteroatoms. The Balaban J connectivity index is 2.07. The first kappa shape index (κ1) is 14.1. The van der Waals surface area contributed by atoms with Gasteiger partial charge in [-0.05, 0) is 37.7 Å². The lowest BCUT2D eigenvalue weighted by molar-refractivity contribution is 0.0663. The molecule has 0 amide bonds. The van der Waals surface area contributed by atoms with Gasteiger partial charge in [-0.25, -0.2) is 4.79 Å². The first-order chi connectivity index (χ1) is 9.70. The summed E-state index contributed by atoms with van der Waals surface area (Å²) in [7, 11) is 1.93. The summed E-state index contributed by atoms with van der Waals surface area (Å²) < 4.78 is 5.26. The average Bonchev–Trinajstić information content (AvgIpc) is 2.94. The third-order valence-corrected chi connectivity index (χ3v) is 2.88. The number of furan rings is 1. The Morgan fingerprint density at radius 2 is 2.00 bits per heavy atom.